The highest BCUT2D eigenvalue weighted by molar-refractivity contribution is 6.33. The molecule has 5 rings (SSSR count). The molecule has 7 nitrogen and oxygen atoms in total. The second-order valence-corrected chi connectivity index (χ2v) is 8.89. The van der Waals surface area contributed by atoms with Crippen molar-refractivity contribution in [2.75, 3.05) is 18.1 Å². The molecule has 1 atom stereocenters. The largest absolute Gasteiger partial charge is 0.416 e. The number of alkyl halides is 3. The molecule has 180 valence electrons. The van der Waals surface area contributed by atoms with Gasteiger partial charge in [-0.05, 0) is 30.9 Å². The number of benzene rings is 1. The number of nitrogens with zero attached hydrogens (tertiary/aromatic N) is 5. The van der Waals surface area contributed by atoms with E-state index in [2.05, 4.69) is 10.1 Å². The van der Waals surface area contributed by atoms with Crippen LogP contribution in [-0.2, 0) is 30.4 Å². The van der Waals surface area contributed by atoms with Gasteiger partial charge in [-0.25, -0.2) is 4.98 Å². The zero-order valence-corrected chi connectivity index (χ0v) is 19.0. The Morgan fingerprint density at radius 1 is 1.21 bits per heavy atom. The van der Waals surface area contributed by atoms with Gasteiger partial charge in [-0.15, -0.1) is 0 Å². The number of anilines is 1. The van der Waals surface area contributed by atoms with E-state index in [4.69, 9.17) is 16.3 Å². The summed E-state index contributed by atoms with van der Waals surface area (Å²) in [5, 5.41) is 4.38. The Hall–Kier alpha value is -2.85. The molecule has 0 bridgehead atoms. The topological polar surface area (TPSA) is 65.2 Å². The maximum Gasteiger partial charge on any atom is 0.416 e. The van der Waals surface area contributed by atoms with Crippen LogP contribution in [0.1, 0.15) is 48.0 Å². The summed E-state index contributed by atoms with van der Waals surface area (Å²) < 4.78 is 48.9. The van der Waals surface area contributed by atoms with E-state index in [0.717, 1.165) is 30.3 Å². The molecule has 0 radical (unpaired) electrons. The predicted molar refractivity (Wildman–Crippen MR) is 120 cm³/mol. The molecule has 0 N–H and O–H groups in total. The first kappa shape index (κ1) is 22.9. The molecule has 1 unspecified atom stereocenters. The SMILES string of the molecule is O=c1c(Cl)c(N2CCc3c(ncn3Cc3ccccc3C(F)(F)F)C2)cnn1C1CCCCO1. The van der Waals surface area contributed by atoms with Gasteiger partial charge in [0.1, 0.15) is 5.02 Å². The Bertz CT molecular complexity index is 1250. The monoisotopic (exact) mass is 493 g/mol. The molecule has 1 saturated heterocycles. The average molecular weight is 494 g/mol. The van der Waals surface area contributed by atoms with Gasteiger partial charge in [0.05, 0.1) is 36.0 Å². The van der Waals surface area contributed by atoms with Gasteiger partial charge >= 0.3 is 6.18 Å². The Morgan fingerprint density at radius 3 is 2.79 bits per heavy atom. The van der Waals surface area contributed by atoms with Crippen molar-refractivity contribution >= 4 is 17.3 Å². The first-order chi connectivity index (χ1) is 16.3. The van der Waals surface area contributed by atoms with Gasteiger partial charge in [0.25, 0.3) is 5.56 Å². The van der Waals surface area contributed by atoms with Gasteiger partial charge in [-0.1, -0.05) is 29.8 Å². The lowest BCUT2D eigenvalue weighted by Crippen LogP contribution is -2.36. The fraction of sp³-hybridized carbons (Fsp3) is 0.435. The smallest absolute Gasteiger partial charge is 0.362 e. The second-order valence-electron chi connectivity index (χ2n) is 8.51. The van der Waals surface area contributed by atoms with Crippen LogP contribution < -0.4 is 10.5 Å². The van der Waals surface area contributed by atoms with E-state index in [9.17, 15) is 18.0 Å². The zero-order valence-electron chi connectivity index (χ0n) is 18.3. The van der Waals surface area contributed by atoms with Gasteiger partial charge in [-0.2, -0.15) is 23.0 Å². The molecular weight excluding hydrogens is 471 g/mol. The fourth-order valence-electron chi connectivity index (χ4n) is 4.61. The van der Waals surface area contributed by atoms with Crippen molar-refractivity contribution in [3.05, 3.63) is 74.7 Å². The normalized spacial score (nSPS) is 18.7. The minimum absolute atomic E-state index is 0.0751. The van der Waals surface area contributed by atoms with Crippen LogP contribution in [0.15, 0.2) is 41.6 Å². The maximum atomic E-state index is 13.4. The molecule has 1 aromatic carbocycles. The number of fused-ring (bicyclic) bond motifs is 1. The van der Waals surface area contributed by atoms with Gasteiger partial charge in [0, 0.05) is 31.8 Å². The molecule has 34 heavy (non-hydrogen) atoms. The van der Waals surface area contributed by atoms with Gasteiger partial charge in [-0.3, -0.25) is 4.79 Å². The lowest BCUT2D eigenvalue weighted by Gasteiger charge is -2.30. The van der Waals surface area contributed by atoms with E-state index in [1.165, 1.54) is 16.8 Å². The summed E-state index contributed by atoms with van der Waals surface area (Å²) in [6, 6.07) is 5.57. The van der Waals surface area contributed by atoms with E-state index in [-0.39, 0.29) is 17.1 Å². The van der Waals surface area contributed by atoms with Crippen LogP contribution >= 0.6 is 11.6 Å². The van der Waals surface area contributed by atoms with Crippen LogP contribution in [0.4, 0.5) is 18.9 Å². The molecule has 0 amide bonds. The van der Waals surface area contributed by atoms with Crippen molar-refractivity contribution in [3.63, 3.8) is 0 Å². The molecule has 2 aliphatic rings. The summed E-state index contributed by atoms with van der Waals surface area (Å²) in [7, 11) is 0. The number of hydrogen-bond acceptors (Lipinski definition) is 5. The molecule has 0 spiro atoms. The lowest BCUT2D eigenvalue weighted by molar-refractivity contribution is -0.138. The molecule has 1 fully saturated rings. The fourth-order valence-corrected chi connectivity index (χ4v) is 4.86. The number of rotatable bonds is 4. The summed E-state index contributed by atoms with van der Waals surface area (Å²) >= 11 is 6.45. The van der Waals surface area contributed by atoms with E-state index < -0.39 is 23.5 Å². The van der Waals surface area contributed by atoms with Crippen LogP contribution in [0.3, 0.4) is 0 Å². The third-order valence-corrected chi connectivity index (χ3v) is 6.70. The molecular formula is C23H23ClF3N5O2. The molecule has 2 aromatic heterocycles. The third kappa shape index (κ3) is 4.32. The van der Waals surface area contributed by atoms with Crippen LogP contribution in [0.25, 0.3) is 0 Å². The molecule has 0 saturated carbocycles. The Labute approximate surface area is 198 Å². The van der Waals surface area contributed by atoms with Crippen molar-refractivity contribution in [1.29, 1.82) is 0 Å². The number of hydrogen-bond donors (Lipinski definition) is 0. The summed E-state index contributed by atoms with van der Waals surface area (Å²) in [5.74, 6) is 0. The minimum Gasteiger partial charge on any atom is -0.362 e. The Morgan fingerprint density at radius 2 is 2.03 bits per heavy atom. The predicted octanol–water partition coefficient (Wildman–Crippen LogP) is 4.42. The number of aromatic nitrogens is 4. The number of halogens is 4. The summed E-state index contributed by atoms with van der Waals surface area (Å²) in [5.41, 5.74) is 1.29. The molecule has 3 aromatic rings. The zero-order chi connectivity index (χ0) is 23.9. The highest BCUT2D eigenvalue weighted by Crippen LogP contribution is 2.33. The van der Waals surface area contributed by atoms with Crippen molar-refractivity contribution in [2.24, 2.45) is 0 Å². The van der Waals surface area contributed by atoms with Crippen molar-refractivity contribution in [3.8, 4) is 0 Å². The summed E-state index contributed by atoms with van der Waals surface area (Å²) in [4.78, 5) is 19.2. The van der Waals surface area contributed by atoms with Crippen molar-refractivity contribution in [2.45, 2.75) is 51.2 Å². The number of imidazole rings is 1. The lowest BCUT2D eigenvalue weighted by atomic mass is 10.1. The Balaban J connectivity index is 1.37. The van der Waals surface area contributed by atoms with Crippen molar-refractivity contribution in [1.82, 2.24) is 19.3 Å². The third-order valence-electron chi connectivity index (χ3n) is 6.35. The highest BCUT2D eigenvalue weighted by Gasteiger charge is 2.33. The highest BCUT2D eigenvalue weighted by atomic mass is 35.5. The Kier molecular flexibility index (Phi) is 6.11. The van der Waals surface area contributed by atoms with E-state index >= 15 is 0 Å². The summed E-state index contributed by atoms with van der Waals surface area (Å²) in [6.07, 6.45) is 1.50. The molecule has 4 heterocycles. The van der Waals surface area contributed by atoms with Crippen LogP contribution in [-0.4, -0.2) is 32.5 Å². The summed E-state index contributed by atoms with van der Waals surface area (Å²) in [6.45, 7) is 1.58. The van der Waals surface area contributed by atoms with Crippen LogP contribution in [0.5, 0.6) is 0 Å². The molecule has 11 heteroatoms. The first-order valence-electron chi connectivity index (χ1n) is 11.1. The standard InChI is InChI=1S/C23H23ClF3N5O2/c24-21-19(11-29-32(22(21)33)20-7-3-4-10-34-20)30-9-8-18-17(13-30)28-14-31(18)12-15-5-1-2-6-16(15)23(25,26)27/h1-2,5-6,11,14,20H,3-4,7-10,12-13H2. The quantitative estimate of drug-likeness (QED) is 0.538. The first-order valence-corrected chi connectivity index (χ1v) is 11.5. The second kappa shape index (κ2) is 9.07. The van der Waals surface area contributed by atoms with Crippen LogP contribution in [0.2, 0.25) is 5.02 Å². The van der Waals surface area contributed by atoms with E-state index in [0.29, 0.717) is 38.2 Å². The molecule has 2 aliphatic heterocycles. The minimum atomic E-state index is -4.42. The van der Waals surface area contributed by atoms with Gasteiger partial charge < -0.3 is 14.2 Å². The number of ether oxygens (including phenoxy) is 1. The van der Waals surface area contributed by atoms with Crippen LogP contribution in [0, 0.1) is 0 Å². The average Bonchev–Trinajstić information content (AvgIpc) is 3.23. The maximum absolute atomic E-state index is 13.4. The van der Waals surface area contributed by atoms with E-state index in [1.807, 2.05) is 4.90 Å². The van der Waals surface area contributed by atoms with Gasteiger partial charge in [0.15, 0.2) is 6.23 Å². The molecule has 0 aliphatic carbocycles. The van der Waals surface area contributed by atoms with E-state index in [1.54, 1.807) is 23.2 Å². The van der Waals surface area contributed by atoms with Gasteiger partial charge in [0.2, 0.25) is 0 Å². The van der Waals surface area contributed by atoms with Crippen molar-refractivity contribution < 1.29 is 17.9 Å².